The van der Waals surface area contributed by atoms with Gasteiger partial charge in [-0.2, -0.15) is 0 Å². The van der Waals surface area contributed by atoms with Crippen LogP contribution in [0.15, 0.2) is 24.0 Å². The highest BCUT2D eigenvalue weighted by molar-refractivity contribution is 7.13. The van der Waals surface area contributed by atoms with Gasteiger partial charge in [-0.3, -0.25) is 4.98 Å². The van der Waals surface area contributed by atoms with Gasteiger partial charge in [0.1, 0.15) is 0 Å². The fourth-order valence-corrected chi connectivity index (χ4v) is 2.50. The van der Waals surface area contributed by atoms with Crippen LogP contribution in [-0.2, 0) is 0 Å². The van der Waals surface area contributed by atoms with Crippen molar-refractivity contribution in [3.05, 3.63) is 24.0 Å². The molecule has 0 amide bonds. The fourth-order valence-electron chi connectivity index (χ4n) is 1.91. The van der Waals surface area contributed by atoms with Gasteiger partial charge in [0.2, 0.25) is 5.95 Å². The maximum Gasteiger partial charge on any atom is 0.267 e. The molecule has 0 spiro atoms. The number of hydrogen-bond acceptors (Lipinski definition) is 6. The monoisotopic (exact) mass is 287 g/mol. The molecule has 0 saturated carbocycles. The van der Waals surface area contributed by atoms with Crippen molar-refractivity contribution in [3.8, 4) is 16.5 Å². The Kier molecular flexibility index (Phi) is 6.67. The van der Waals surface area contributed by atoms with Crippen LogP contribution in [0, 0.1) is 11.2 Å². The van der Waals surface area contributed by atoms with E-state index in [0.29, 0.717) is 12.7 Å². The third-order valence-electron chi connectivity index (χ3n) is 2.90. The minimum absolute atomic E-state index is 0. The van der Waals surface area contributed by atoms with E-state index in [9.17, 15) is 0 Å². The molecule has 2 aromatic rings. The Hall–Kier alpha value is -1.94. The van der Waals surface area contributed by atoms with E-state index in [1.807, 2.05) is 6.07 Å². The zero-order valence-electron chi connectivity index (χ0n) is 10.5. The summed E-state index contributed by atoms with van der Waals surface area (Å²) in [7, 11) is 0. The molecule has 7 heteroatoms. The Bertz CT molecular complexity index is 546. The van der Waals surface area contributed by atoms with Crippen LogP contribution in [0.1, 0.15) is 20.3 Å². The average molecular weight is 287 g/mol. The molecule has 1 aliphatic rings. The number of anilines is 1. The lowest BCUT2D eigenvalue weighted by molar-refractivity contribution is 0.935. The first-order valence-corrected chi connectivity index (χ1v) is 7.04. The third-order valence-corrected chi connectivity index (χ3v) is 3.69. The molecule has 1 aliphatic heterocycles. The normalized spacial score (nSPS) is 12.8. The summed E-state index contributed by atoms with van der Waals surface area (Å²) >= 11 is 1.53. The summed E-state index contributed by atoms with van der Waals surface area (Å²) in [6.45, 7) is 0.403. The maximum absolute atomic E-state index is 8.32. The standard InChI is InChI=1S/C7H6N4S.C5H8BN.CH4/c8-7-10-2-1-5(11-7)6-3-9-4-12-6;7-5-6-3-1-2-4-6;/h1-4H,(H2,8,10,11);1-4H2;1H4. The molecule has 5 nitrogen and oxygen atoms in total. The topological polar surface area (TPSA) is 88.5 Å². The molecule has 2 aromatic heterocycles. The van der Waals surface area contributed by atoms with Crippen molar-refractivity contribution in [2.24, 2.45) is 0 Å². The molecular weight excluding hydrogens is 269 g/mol. The van der Waals surface area contributed by atoms with Crippen LogP contribution in [0.5, 0.6) is 0 Å². The number of hydrogen-bond donors (Lipinski definition) is 1. The molecule has 0 aromatic carbocycles. The van der Waals surface area contributed by atoms with Gasteiger partial charge in [0.15, 0.2) is 0 Å². The van der Waals surface area contributed by atoms with E-state index in [-0.39, 0.29) is 7.43 Å². The first-order chi connectivity index (χ1) is 9.29. The quantitative estimate of drug-likeness (QED) is 0.814. The van der Waals surface area contributed by atoms with Crippen LogP contribution in [0.4, 0.5) is 5.95 Å². The van der Waals surface area contributed by atoms with Gasteiger partial charge >= 0.3 is 0 Å². The summed E-state index contributed by atoms with van der Waals surface area (Å²) in [5.74, 6) is 2.56. The molecule has 0 atom stereocenters. The van der Waals surface area contributed by atoms with Crippen molar-refractivity contribution in [1.82, 2.24) is 15.0 Å². The van der Waals surface area contributed by atoms with Gasteiger partial charge in [-0.1, -0.05) is 32.9 Å². The van der Waals surface area contributed by atoms with Crippen molar-refractivity contribution in [1.29, 1.82) is 5.26 Å². The molecule has 0 bridgehead atoms. The minimum Gasteiger partial charge on any atom is -0.368 e. The summed E-state index contributed by atoms with van der Waals surface area (Å²) in [6, 6.07) is 1.81. The van der Waals surface area contributed by atoms with Crippen molar-refractivity contribution in [2.45, 2.75) is 32.9 Å². The summed E-state index contributed by atoms with van der Waals surface area (Å²) in [5, 5.41) is 8.32. The van der Waals surface area contributed by atoms with Gasteiger partial charge < -0.3 is 5.73 Å². The van der Waals surface area contributed by atoms with Gasteiger partial charge in [0.25, 0.3) is 6.71 Å². The molecule has 0 unspecified atom stereocenters. The Labute approximate surface area is 124 Å². The molecule has 2 N–H and O–H groups in total. The van der Waals surface area contributed by atoms with E-state index in [1.165, 1.54) is 24.2 Å². The Morgan fingerprint density at radius 1 is 1.35 bits per heavy atom. The molecule has 0 radical (unpaired) electrons. The Morgan fingerprint density at radius 2 is 2.10 bits per heavy atom. The van der Waals surface area contributed by atoms with E-state index < -0.39 is 0 Å². The van der Waals surface area contributed by atoms with E-state index in [2.05, 4.69) is 20.9 Å². The fraction of sp³-hybridized carbons (Fsp3) is 0.385. The van der Waals surface area contributed by atoms with Crippen LogP contribution in [0.2, 0.25) is 12.6 Å². The first kappa shape index (κ1) is 16.1. The number of nitriles is 1. The van der Waals surface area contributed by atoms with Crippen LogP contribution in [0.3, 0.4) is 0 Å². The van der Waals surface area contributed by atoms with Gasteiger partial charge in [-0.25, -0.2) is 15.2 Å². The van der Waals surface area contributed by atoms with Gasteiger partial charge in [0, 0.05) is 18.4 Å². The van der Waals surface area contributed by atoms with E-state index in [1.54, 1.807) is 17.9 Å². The molecule has 3 heterocycles. The second kappa shape index (κ2) is 8.28. The van der Waals surface area contributed by atoms with E-state index >= 15 is 0 Å². The summed E-state index contributed by atoms with van der Waals surface area (Å²) in [6.07, 6.45) is 8.24. The Morgan fingerprint density at radius 3 is 2.60 bits per heavy atom. The Balaban J connectivity index is 0.000000216. The molecule has 3 rings (SSSR count). The number of rotatable bonds is 1. The molecule has 1 fully saturated rings. The van der Waals surface area contributed by atoms with Gasteiger partial charge in [-0.05, 0) is 6.07 Å². The predicted octanol–water partition coefficient (Wildman–Crippen LogP) is 3.16. The molecule has 20 heavy (non-hydrogen) atoms. The highest BCUT2D eigenvalue weighted by Gasteiger charge is 2.17. The molecule has 104 valence electrons. The molecule has 1 saturated heterocycles. The summed E-state index contributed by atoms with van der Waals surface area (Å²) in [5.41, 5.74) is 8.01. The number of aromatic nitrogens is 3. The highest BCUT2D eigenvalue weighted by atomic mass is 32.1. The van der Waals surface area contributed by atoms with Crippen LogP contribution >= 0.6 is 11.3 Å². The summed E-state index contributed by atoms with van der Waals surface area (Å²) < 4.78 is 0. The van der Waals surface area contributed by atoms with Crippen LogP contribution in [-0.4, -0.2) is 21.7 Å². The van der Waals surface area contributed by atoms with E-state index in [4.69, 9.17) is 11.0 Å². The number of nitrogens with two attached hydrogens (primary N) is 1. The van der Waals surface area contributed by atoms with Crippen molar-refractivity contribution in [3.63, 3.8) is 0 Å². The van der Waals surface area contributed by atoms with Crippen LogP contribution in [0.25, 0.3) is 10.6 Å². The number of thiazole rings is 1. The lowest BCUT2D eigenvalue weighted by atomic mass is 9.50. The highest BCUT2D eigenvalue weighted by Crippen LogP contribution is 2.20. The first-order valence-electron chi connectivity index (χ1n) is 6.16. The van der Waals surface area contributed by atoms with Crippen molar-refractivity contribution < 1.29 is 0 Å². The smallest absolute Gasteiger partial charge is 0.267 e. The zero-order chi connectivity index (χ0) is 13.5. The van der Waals surface area contributed by atoms with Crippen LogP contribution < -0.4 is 5.73 Å². The SMILES string of the molecule is C.N#CB1CCCC1.Nc1nccc(-c2cncs2)n1. The predicted molar refractivity (Wildman–Crippen MR) is 84.5 cm³/mol. The van der Waals surface area contributed by atoms with Crippen molar-refractivity contribution in [2.75, 3.05) is 5.73 Å². The largest absolute Gasteiger partial charge is 0.368 e. The zero-order valence-corrected chi connectivity index (χ0v) is 11.3. The van der Waals surface area contributed by atoms with Gasteiger partial charge in [-0.15, -0.1) is 11.3 Å². The van der Waals surface area contributed by atoms with Gasteiger partial charge in [0.05, 0.1) is 16.1 Å². The number of nitrogens with zero attached hydrogens (tertiary/aromatic N) is 4. The lowest BCUT2D eigenvalue weighted by Gasteiger charge is -1.94. The molecular formula is C13H18BN5S. The summed E-state index contributed by atoms with van der Waals surface area (Å²) in [4.78, 5) is 12.8. The third kappa shape index (κ3) is 4.63. The minimum atomic E-state index is 0. The molecule has 0 aliphatic carbocycles. The second-order valence-corrected chi connectivity index (χ2v) is 5.16. The maximum atomic E-state index is 8.32. The van der Waals surface area contributed by atoms with Crippen molar-refractivity contribution >= 4 is 24.0 Å². The lowest BCUT2D eigenvalue weighted by Crippen LogP contribution is -1.99. The second-order valence-electron chi connectivity index (χ2n) is 4.28. The van der Waals surface area contributed by atoms with E-state index in [0.717, 1.165) is 23.2 Å². The average Bonchev–Trinajstić information content (AvgIpc) is 3.13. The number of nitrogen functional groups attached to an aromatic ring is 1.